The number of fused-ring (bicyclic) bond motifs is 1. The number of carbonyl (C=O) groups excluding carboxylic acids is 1. The maximum Gasteiger partial charge on any atom is 0.252 e. The Morgan fingerprint density at radius 3 is 2.75 bits per heavy atom. The van der Waals surface area contributed by atoms with E-state index in [4.69, 9.17) is 0 Å². The summed E-state index contributed by atoms with van der Waals surface area (Å²) in [6.07, 6.45) is 3.05. The molecule has 1 aromatic carbocycles. The number of phenols is 2. The summed E-state index contributed by atoms with van der Waals surface area (Å²) in [5, 5.41) is 23.9. The van der Waals surface area contributed by atoms with E-state index in [1.807, 2.05) is 0 Å². The zero-order valence-corrected chi connectivity index (χ0v) is 11.6. The first-order valence-electron chi connectivity index (χ1n) is 6.53. The highest BCUT2D eigenvalue weighted by Gasteiger charge is 2.23. The molecule has 0 aliphatic heterocycles. The summed E-state index contributed by atoms with van der Waals surface area (Å²) in [7, 11) is 0. The van der Waals surface area contributed by atoms with E-state index in [1.165, 1.54) is 28.6 Å². The van der Waals surface area contributed by atoms with Crippen molar-refractivity contribution in [2.75, 3.05) is 0 Å². The van der Waals surface area contributed by atoms with Crippen molar-refractivity contribution in [1.29, 1.82) is 0 Å². The number of phenolic OH excluding ortho intramolecular Hbond substituents is 2. The summed E-state index contributed by atoms with van der Waals surface area (Å²) in [6, 6.07) is 5.99. The van der Waals surface area contributed by atoms with E-state index >= 15 is 0 Å². The second-order valence-electron chi connectivity index (χ2n) is 4.96. The predicted octanol–water partition coefficient (Wildman–Crippen LogP) is 2.97. The summed E-state index contributed by atoms with van der Waals surface area (Å²) in [6.45, 7) is 0. The highest BCUT2D eigenvalue weighted by atomic mass is 32.1. The second-order valence-corrected chi connectivity index (χ2v) is 5.96. The molecule has 0 radical (unpaired) electrons. The molecule has 20 heavy (non-hydrogen) atoms. The Bertz CT molecular complexity index is 630. The van der Waals surface area contributed by atoms with Crippen LogP contribution in [0.3, 0.4) is 0 Å². The van der Waals surface area contributed by atoms with Crippen LogP contribution in [0.15, 0.2) is 29.6 Å². The Morgan fingerprint density at radius 1 is 1.25 bits per heavy atom. The summed E-state index contributed by atoms with van der Waals surface area (Å²) >= 11 is 1.73. The average molecular weight is 289 g/mol. The fourth-order valence-corrected chi connectivity index (χ4v) is 3.59. The van der Waals surface area contributed by atoms with Gasteiger partial charge in [0.25, 0.3) is 5.91 Å². The van der Waals surface area contributed by atoms with Gasteiger partial charge in [0.05, 0.1) is 6.04 Å². The normalized spacial score (nSPS) is 17.5. The van der Waals surface area contributed by atoms with Gasteiger partial charge in [0.1, 0.15) is 11.5 Å². The number of aromatic hydroxyl groups is 2. The van der Waals surface area contributed by atoms with Gasteiger partial charge in [-0.15, -0.1) is 11.3 Å². The van der Waals surface area contributed by atoms with Crippen LogP contribution in [0.25, 0.3) is 0 Å². The zero-order valence-electron chi connectivity index (χ0n) is 10.8. The zero-order chi connectivity index (χ0) is 14.1. The molecule has 4 nitrogen and oxygen atoms in total. The Kier molecular flexibility index (Phi) is 3.36. The number of benzene rings is 1. The molecule has 0 saturated heterocycles. The molecule has 0 saturated carbocycles. The van der Waals surface area contributed by atoms with Gasteiger partial charge in [0.15, 0.2) is 0 Å². The molecule has 1 aliphatic rings. The van der Waals surface area contributed by atoms with E-state index in [-0.39, 0.29) is 29.0 Å². The van der Waals surface area contributed by atoms with Gasteiger partial charge >= 0.3 is 0 Å². The first kappa shape index (κ1) is 13.0. The molecule has 1 unspecified atom stereocenters. The van der Waals surface area contributed by atoms with Gasteiger partial charge < -0.3 is 15.5 Å². The van der Waals surface area contributed by atoms with Gasteiger partial charge in [-0.05, 0) is 48.4 Å². The second kappa shape index (κ2) is 5.17. The minimum atomic E-state index is -0.278. The standard InChI is InChI=1S/C15H15NO3S/c17-10-6-9(7-11(18)8-10)15(19)16-13-2-1-3-14-12(13)4-5-20-14/h4-8,13,17-18H,1-3H2,(H,16,19). The van der Waals surface area contributed by atoms with E-state index in [0.717, 1.165) is 19.3 Å². The molecule has 0 fully saturated rings. The fourth-order valence-electron chi connectivity index (χ4n) is 2.60. The highest BCUT2D eigenvalue weighted by molar-refractivity contribution is 7.10. The molecular weight excluding hydrogens is 274 g/mol. The van der Waals surface area contributed by atoms with E-state index in [1.54, 1.807) is 11.3 Å². The lowest BCUT2D eigenvalue weighted by molar-refractivity contribution is 0.0932. The molecule has 1 atom stereocenters. The lowest BCUT2D eigenvalue weighted by Crippen LogP contribution is -2.30. The molecule has 1 aliphatic carbocycles. The van der Waals surface area contributed by atoms with Crippen LogP contribution < -0.4 is 5.32 Å². The molecule has 2 aromatic rings. The summed E-state index contributed by atoms with van der Waals surface area (Å²) < 4.78 is 0. The van der Waals surface area contributed by atoms with Crippen molar-refractivity contribution >= 4 is 17.2 Å². The lowest BCUT2D eigenvalue weighted by Gasteiger charge is -2.23. The maximum atomic E-state index is 12.2. The number of nitrogens with one attached hydrogen (secondary N) is 1. The Morgan fingerprint density at radius 2 is 2.00 bits per heavy atom. The average Bonchev–Trinajstić information content (AvgIpc) is 2.87. The first-order valence-corrected chi connectivity index (χ1v) is 7.41. The Hall–Kier alpha value is -2.01. The van der Waals surface area contributed by atoms with Crippen LogP contribution in [-0.2, 0) is 6.42 Å². The predicted molar refractivity (Wildman–Crippen MR) is 77.2 cm³/mol. The van der Waals surface area contributed by atoms with Crippen LogP contribution in [0.2, 0.25) is 0 Å². The monoisotopic (exact) mass is 289 g/mol. The largest absolute Gasteiger partial charge is 0.508 e. The molecule has 3 N–H and O–H groups in total. The number of hydrogen-bond acceptors (Lipinski definition) is 4. The summed E-state index contributed by atoms with van der Waals surface area (Å²) in [4.78, 5) is 13.6. The number of amides is 1. The van der Waals surface area contributed by atoms with Crippen molar-refractivity contribution in [3.05, 3.63) is 45.6 Å². The summed E-state index contributed by atoms with van der Waals surface area (Å²) in [5.41, 5.74) is 1.46. The van der Waals surface area contributed by atoms with Crippen LogP contribution in [0.5, 0.6) is 11.5 Å². The molecule has 5 heteroatoms. The van der Waals surface area contributed by atoms with Crippen molar-refractivity contribution in [2.24, 2.45) is 0 Å². The van der Waals surface area contributed by atoms with E-state index in [0.29, 0.717) is 0 Å². The van der Waals surface area contributed by atoms with Crippen LogP contribution in [0.4, 0.5) is 0 Å². The number of rotatable bonds is 2. The van der Waals surface area contributed by atoms with Gasteiger partial charge in [-0.25, -0.2) is 0 Å². The Balaban J connectivity index is 1.80. The van der Waals surface area contributed by atoms with Crippen LogP contribution in [0.1, 0.15) is 39.7 Å². The van der Waals surface area contributed by atoms with Gasteiger partial charge in [-0.3, -0.25) is 4.79 Å². The van der Waals surface area contributed by atoms with Gasteiger partial charge in [0, 0.05) is 16.5 Å². The topological polar surface area (TPSA) is 69.6 Å². The van der Waals surface area contributed by atoms with Crippen molar-refractivity contribution < 1.29 is 15.0 Å². The van der Waals surface area contributed by atoms with E-state index in [2.05, 4.69) is 16.8 Å². The lowest BCUT2D eigenvalue weighted by atomic mass is 9.94. The SMILES string of the molecule is O=C(NC1CCCc2sccc21)c1cc(O)cc(O)c1. The quantitative estimate of drug-likeness (QED) is 0.796. The van der Waals surface area contributed by atoms with Crippen LogP contribution >= 0.6 is 11.3 Å². The highest BCUT2D eigenvalue weighted by Crippen LogP contribution is 2.33. The summed E-state index contributed by atoms with van der Waals surface area (Å²) in [5.74, 6) is -0.509. The number of hydrogen-bond donors (Lipinski definition) is 3. The minimum Gasteiger partial charge on any atom is -0.508 e. The molecule has 1 heterocycles. The fraction of sp³-hybridized carbons (Fsp3) is 0.267. The third-order valence-electron chi connectivity index (χ3n) is 3.52. The van der Waals surface area contributed by atoms with Crippen molar-refractivity contribution in [3.8, 4) is 11.5 Å². The molecule has 0 bridgehead atoms. The Labute approximate surface area is 120 Å². The first-order chi connectivity index (χ1) is 9.63. The number of carbonyl (C=O) groups is 1. The van der Waals surface area contributed by atoms with Crippen molar-refractivity contribution in [1.82, 2.24) is 5.32 Å². The third-order valence-corrected chi connectivity index (χ3v) is 4.52. The third kappa shape index (κ3) is 2.49. The molecule has 1 amide bonds. The number of aryl methyl sites for hydroxylation is 1. The van der Waals surface area contributed by atoms with E-state index in [9.17, 15) is 15.0 Å². The molecular formula is C15H15NO3S. The number of thiophene rings is 1. The van der Waals surface area contributed by atoms with Gasteiger partial charge in [-0.1, -0.05) is 0 Å². The van der Waals surface area contributed by atoms with E-state index < -0.39 is 0 Å². The van der Waals surface area contributed by atoms with Crippen LogP contribution in [-0.4, -0.2) is 16.1 Å². The van der Waals surface area contributed by atoms with Crippen molar-refractivity contribution in [2.45, 2.75) is 25.3 Å². The van der Waals surface area contributed by atoms with Crippen molar-refractivity contribution in [3.63, 3.8) is 0 Å². The smallest absolute Gasteiger partial charge is 0.252 e. The maximum absolute atomic E-state index is 12.2. The molecule has 104 valence electrons. The van der Waals surface area contributed by atoms with Crippen LogP contribution in [0, 0.1) is 0 Å². The molecule has 0 spiro atoms. The molecule has 1 aromatic heterocycles. The molecule has 3 rings (SSSR count). The minimum absolute atomic E-state index is 0.0157. The van der Waals surface area contributed by atoms with Gasteiger partial charge in [0.2, 0.25) is 0 Å². The van der Waals surface area contributed by atoms with Gasteiger partial charge in [-0.2, -0.15) is 0 Å².